The van der Waals surface area contributed by atoms with Crippen LogP contribution in [0.25, 0.3) is 0 Å². The second kappa shape index (κ2) is 2.45. The molecule has 0 N–H and O–H groups in total. The molecule has 0 fully saturated rings. The zero-order valence-electron chi connectivity index (χ0n) is 7.14. The molecule has 1 aliphatic carbocycles. The van der Waals surface area contributed by atoms with Gasteiger partial charge in [-0.05, 0) is 36.8 Å². The van der Waals surface area contributed by atoms with Crippen LogP contribution in [0, 0.1) is 0 Å². The topological polar surface area (TPSA) is 0 Å². The third-order valence-corrected chi connectivity index (χ3v) is 2.26. The Kier molecular flexibility index (Phi) is 1.46. The van der Waals surface area contributed by atoms with Gasteiger partial charge in [0.25, 0.3) is 0 Å². The van der Waals surface area contributed by atoms with E-state index in [1.54, 1.807) is 11.1 Å². The van der Waals surface area contributed by atoms with Gasteiger partial charge in [0.05, 0.1) is 0 Å². The molecule has 0 bridgehead atoms. The second-order valence-electron chi connectivity index (χ2n) is 2.98. The molecule has 0 heteroatoms. The SMILES string of the molecule is [H+].c1ccc2c(c1)CCCC2. The minimum absolute atomic E-state index is 0. The molecule has 0 unspecified atom stereocenters. The van der Waals surface area contributed by atoms with E-state index in [0.29, 0.717) is 0 Å². The predicted octanol–water partition coefficient (Wildman–Crippen LogP) is 2.68. The van der Waals surface area contributed by atoms with E-state index in [2.05, 4.69) is 24.3 Å². The molecular formula is C10H13+. The van der Waals surface area contributed by atoms with Gasteiger partial charge in [-0.3, -0.25) is 0 Å². The normalized spacial score (nSPS) is 16.4. The lowest BCUT2D eigenvalue weighted by molar-refractivity contribution is 0.685. The number of hydrogen-bond donors (Lipinski definition) is 0. The molecule has 0 saturated heterocycles. The van der Waals surface area contributed by atoms with Crippen molar-refractivity contribution in [3.05, 3.63) is 35.4 Å². The summed E-state index contributed by atoms with van der Waals surface area (Å²) in [6.07, 6.45) is 5.38. The molecular weight excluding hydrogens is 120 g/mol. The Hall–Kier alpha value is -0.780. The summed E-state index contributed by atoms with van der Waals surface area (Å²) in [5, 5.41) is 0. The molecule has 0 spiro atoms. The summed E-state index contributed by atoms with van der Waals surface area (Å²) in [5.74, 6) is 0. The first-order valence-corrected chi connectivity index (χ1v) is 4.03. The number of hydrogen-bond acceptors (Lipinski definition) is 0. The Balaban J connectivity index is 0.000000605. The van der Waals surface area contributed by atoms with E-state index >= 15 is 0 Å². The summed E-state index contributed by atoms with van der Waals surface area (Å²) in [6, 6.07) is 8.80. The third kappa shape index (κ3) is 0.942. The molecule has 1 aromatic rings. The molecule has 0 radical (unpaired) electrons. The van der Waals surface area contributed by atoms with Crippen LogP contribution in [0.15, 0.2) is 24.3 Å². The highest BCUT2D eigenvalue weighted by Crippen LogP contribution is 2.19. The van der Waals surface area contributed by atoms with Crippen LogP contribution in [-0.2, 0) is 12.8 Å². The van der Waals surface area contributed by atoms with Crippen molar-refractivity contribution in [2.45, 2.75) is 25.7 Å². The van der Waals surface area contributed by atoms with Crippen LogP contribution in [0.4, 0.5) is 0 Å². The highest BCUT2D eigenvalue weighted by Gasteiger charge is 2.05. The zero-order chi connectivity index (χ0) is 6.81. The molecule has 0 nitrogen and oxygen atoms in total. The first-order valence-electron chi connectivity index (χ1n) is 4.03. The lowest BCUT2D eigenvalue weighted by Crippen LogP contribution is -2.00. The number of benzene rings is 1. The van der Waals surface area contributed by atoms with E-state index < -0.39 is 0 Å². The number of rotatable bonds is 0. The molecule has 10 heavy (non-hydrogen) atoms. The van der Waals surface area contributed by atoms with Gasteiger partial charge in [-0.2, -0.15) is 0 Å². The maximum Gasteiger partial charge on any atom is 1.00 e. The molecule has 0 aliphatic heterocycles. The Morgan fingerprint density at radius 2 is 1.40 bits per heavy atom. The van der Waals surface area contributed by atoms with Gasteiger partial charge in [0, 0.05) is 0 Å². The van der Waals surface area contributed by atoms with Gasteiger partial charge in [-0.25, -0.2) is 0 Å². The van der Waals surface area contributed by atoms with E-state index in [9.17, 15) is 0 Å². The van der Waals surface area contributed by atoms with Crippen LogP contribution >= 0.6 is 0 Å². The van der Waals surface area contributed by atoms with E-state index in [1.807, 2.05) is 0 Å². The van der Waals surface area contributed by atoms with Gasteiger partial charge < -0.3 is 0 Å². The first kappa shape index (κ1) is 5.96. The third-order valence-electron chi connectivity index (χ3n) is 2.26. The fourth-order valence-electron chi connectivity index (χ4n) is 1.68. The zero-order valence-corrected chi connectivity index (χ0v) is 6.14. The summed E-state index contributed by atoms with van der Waals surface area (Å²) >= 11 is 0. The Bertz CT molecular complexity index is 205. The molecule has 0 atom stereocenters. The van der Waals surface area contributed by atoms with Crippen LogP contribution < -0.4 is 0 Å². The Morgan fingerprint density at radius 3 is 1.90 bits per heavy atom. The van der Waals surface area contributed by atoms with Crippen molar-refractivity contribution in [3.8, 4) is 0 Å². The maximum atomic E-state index is 2.26. The Morgan fingerprint density at radius 1 is 0.900 bits per heavy atom. The van der Waals surface area contributed by atoms with Crippen LogP contribution in [-0.4, -0.2) is 0 Å². The average molecular weight is 133 g/mol. The average Bonchev–Trinajstić information content (AvgIpc) is 2.05. The first-order chi connectivity index (χ1) is 4.97. The maximum absolute atomic E-state index is 2.26. The second-order valence-corrected chi connectivity index (χ2v) is 2.98. The van der Waals surface area contributed by atoms with Crippen molar-refractivity contribution in [2.24, 2.45) is 0 Å². The van der Waals surface area contributed by atoms with Gasteiger partial charge in [-0.15, -0.1) is 0 Å². The van der Waals surface area contributed by atoms with Crippen molar-refractivity contribution < 1.29 is 1.43 Å². The van der Waals surface area contributed by atoms with E-state index in [0.717, 1.165) is 0 Å². The lowest BCUT2D eigenvalue weighted by Gasteiger charge is -2.13. The minimum Gasteiger partial charge on any atom is -0.0620 e. The van der Waals surface area contributed by atoms with E-state index in [-0.39, 0.29) is 1.43 Å². The predicted molar refractivity (Wildman–Crippen MR) is 44.2 cm³/mol. The minimum atomic E-state index is 0. The molecule has 0 amide bonds. The van der Waals surface area contributed by atoms with Crippen LogP contribution in [0.3, 0.4) is 0 Å². The smallest absolute Gasteiger partial charge is 0.0620 e. The fraction of sp³-hybridized carbons (Fsp3) is 0.400. The quantitative estimate of drug-likeness (QED) is 0.510. The summed E-state index contributed by atoms with van der Waals surface area (Å²) in [5.41, 5.74) is 3.16. The fourth-order valence-corrected chi connectivity index (χ4v) is 1.68. The van der Waals surface area contributed by atoms with Crippen molar-refractivity contribution in [3.63, 3.8) is 0 Å². The number of aryl methyl sites for hydroxylation is 2. The van der Waals surface area contributed by atoms with Crippen molar-refractivity contribution in [1.29, 1.82) is 0 Å². The highest BCUT2D eigenvalue weighted by molar-refractivity contribution is 5.28. The summed E-state index contributed by atoms with van der Waals surface area (Å²) in [7, 11) is 0. The van der Waals surface area contributed by atoms with Gasteiger partial charge in [0.1, 0.15) is 0 Å². The van der Waals surface area contributed by atoms with Gasteiger partial charge in [0.15, 0.2) is 0 Å². The molecule has 1 aromatic carbocycles. The van der Waals surface area contributed by atoms with E-state index in [4.69, 9.17) is 0 Å². The monoisotopic (exact) mass is 133 g/mol. The van der Waals surface area contributed by atoms with Crippen LogP contribution in [0.2, 0.25) is 0 Å². The summed E-state index contributed by atoms with van der Waals surface area (Å²) in [6.45, 7) is 0. The van der Waals surface area contributed by atoms with Crippen molar-refractivity contribution in [2.75, 3.05) is 0 Å². The molecule has 0 saturated carbocycles. The molecule has 1 aliphatic rings. The summed E-state index contributed by atoms with van der Waals surface area (Å²) < 4.78 is 0. The highest BCUT2D eigenvalue weighted by atomic mass is 14.1. The standard InChI is InChI=1S/C10H12/c1-2-6-10-8-4-3-7-9(10)5-1/h1-2,5-6H,3-4,7-8H2/p+1. The number of fused-ring (bicyclic) bond motifs is 1. The van der Waals surface area contributed by atoms with Crippen molar-refractivity contribution >= 4 is 0 Å². The molecule has 0 heterocycles. The van der Waals surface area contributed by atoms with Crippen molar-refractivity contribution in [1.82, 2.24) is 0 Å². The van der Waals surface area contributed by atoms with Crippen LogP contribution in [0.5, 0.6) is 0 Å². The summed E-state index contributed by atoms with van der Waals surface area (Å²) in [4.78, 5) is 0. The van der Waals surface area contributed by atoms with Gasteiger partial charge >= 0.3 is 1.43 Å². The molecule has 2 rings (SSSR count). The Labute approximate surface area is 63.4 Å². The van der Waals surface area contributed by atoms with Gasteiger partial charge in [0.2, 0.25) is 0 Å². The van der Waals surface area contributed by atoms with E-state index in [1.165, 1.54) is 25.7 Å². The van der Waals surface area contributed by atoms with Crippen LogP contribution in [0.1, 0.15) is 25.4 Å². The lowest BCUT2D eigenvalue weighted by atomic mass is 9.92. The molecule has 0 aromatic heterocycles. The largest absolute Gasteiger partial charge is 1.00 e. The molecule has 52 valence electrons. The van der Waals surface area contributed by atoms with Gasteiger partial charge in [-0.1, -0.05) is 24.3 Å².